The molecular weight excluding hydrogens is 270 g/mol. The Labute approximate surface area is 122 Å². The molecule has 0 unspecified atom stereocenters. The molecule has 112 valence electrons. The monoisotopic (exact) mass is 289 g/mol. The van der Waals surface area contributed by atoms with E-state index in [1.807, 2.05) is 20.8 Å². The fourth-order valence-electron chi connectivity index (χ4n) is 1.95. The van der Waals surface area contributed by atoms with Crippen LogP contribution in [0.5, 0.6) is 0 Å². The molecule has 7 nitrogen and oxygen atoms in total. The maximum atomic E-state index is 12.2. The molecule has 0 aliphatic heterocycles. The molecule has 0 fully saturated rings. The van der Waals surface area contributed by atoms with E-state index in [1.54, 1.807) is 16.9 Å². The maximum Gasteiger partial charge on any atom is 0.277 e. The summed E-state index contributed by atoms with van der Waals surface area (Å²) in [6.45, 7) is 6.39. The van der Waals surface area contributed by atoms with Crippen LogP contribution in [0.25, 0.3) is 0 Å². The molecule has 0 spiro atoms. The van der Waals surface area contributed by atoms with Gasteiger partial charge < -0.3 is 5.32 Å². The number of aryl methyl sites for hydroxylation is 1. The first-order chi connectivity index (χ1) is 10.0. The van der Waals surface area contributed by atoms with Crippen molar-refractivity contribution in [2.45, 2.75) is 39.8 Å². The van der Waals surface area contributed by atoms with Gasteiger partial charge in [-0.1, -0.05) is 6.92 Å². The number of carbonyl (C=O) groups excluding carboxylic acids is 1. The predicted molar refractivity (Wildman–Crippen MR) is 79.4 cm³/mol. The van der Waals surface area contributed by atoms with E-state index in [2.05, 4.69) is 15.5 Å². The van der Waals surface area contributed by atoms with Gasteiger partial charge >= 0.3 is 0 Å². The molecule has 0 bridgehead atoms. The number of anilines is 1. The van der Waals surface area contributed by atoms with E-state index < -0.39 is 0 Å². The molecule has 0 radical (unpaired) electrons. The molecule has 0 atom stereocenters. The highest BCUT2D eigenvalue weighted by Gasteiger charge is 2.13. The van der Waals surface area contributed by atoms with Crippen molar-refractivity contribution in [3.05, 3.63) is 40.4 Å². The number of nitrogens with zero attached hydrogens (tertiary/aromatic N) is 4. The van der Waals surface area contributed by atoms with E-state index in [4.69, 9.17) is 0 Å². The summed E-state index contributed by atoms with van der Waals surface area (Å²) >= 11 is 0. The quantitative estimate of drug-likeness (QED) is 0.908. The van der Waals surface area contributed by atoms with E-state index in [0.29, 0.717) is 12.4 Å². The number of hydrogen-bond donors (Lipinski definition) is 1. The molecule has 1 N–H and O–H groups in total. The van der Waals surface area contributed by atoms with Crippen LogP contribution < -0.4 is 10.9 Å². The topological polar surface area (TPSA) is 81.8 Å². The normalized spacial score (nSPS) is 10.9. The Kier molecular flexibility index (Phi) is 4.52. The Bertz CT molecular complexity index is 687. The number of rotatable bonds is 5. The van der Waals surface area contributed by atoms with Crippen LogP contribution in [0.2, 0.25) is 0 Å². The number of hydrogen-bond acceptors (Lipinski definition) is 4. The molecular formula is C14H19N5O2. The van der Waals surface area contributed by atoms with Crippen molar-refractivity contribution in [1.82, 2.24) is 19.6 Å². The van der Waals surface area contributed by atoms with Crippen molar-refractivity contribution >= 4 is 11.7 Å². The summed E-state index contributed by atoms with van der Waals surface area (Å²) < 4.78 is 3.01. The summed E-state index contributed by atoms with van der Waals surface area (Å²) in [6, 6.07) is 4.65. The maximum absolute atomic E-state index is 12.2. The van der Waals surface area contributed by atoms with E-state index in [1.165, 1.54) is 16.8 Å². The fraction of sp³-hybridized carbons (Fsp3) is 0.429. The summed E-state index contributed by atoms with van der Waals surface area (Å²) in [5.41, 5.74) is 0.000165. The van der Waals surface area contributed by atoms with Crippen LogP contribution in [-0.2, 0) is 6.54 Å². The molecule has 0 saturated carbocycles. The van der Waals surface area contributed by atoms with Gasteiger partial charge in [-0.05, 0) is 26.3 Å². The fourth-order valence-corrected chi connectivity index (χ4v) is 1.95. The average molecular weight is 289 g/mol. The molecule has 2 heterocycles. The molecule has 7 heteroatoms. The van der Waals surface area contributed by atoms with Gasteiger partial charge in [-0.3, -0.25) is 9.59 Å². The van der Waals surface area contributed by atoms with Crippen molar-refractivity contribution in [3.63, 3.8) is 0 Å². The van der Waals surface area contributed by atoms with Gasteiger partial charge in [0.15, 0.2) is 0 Å². The molecule has 2 aromatic rings. The number of amides is 1. The minimum Gasteiger partial charge on any atom is -0.305 e. The lowest BCUT2D eigenvalue weighted by Crippen LogP contribution is -2.26. The highest BCUT2D eigenvalue weighted by atomic mass is 16.2. The van der Waals surface area contributed by atoms with Crippen molar-refractivity contribution in [3.8, 4) is 0 Å². The zero-order valence-corrected chi connectivity index (χ0v) is 12.4. The second kappa shape index (κ2) is 6.34. The first kappa shape index (κ1) is 15.0. The first-order valence-corrected chi connectivity index (χ1v) is 6.96. The van der Waals surface area contributed by atoms with Crippen LogP contribution in [-0.4, -0.2) is 25.5 Å². The summed E-state index contributed by atoms with van der Waals surface area (Å²) in [5.74, 6) is 0.243. The molecule has 1 amide bonds. The Hall–Kier alpha value is -2.44. The molecule has 0 aliphatic rings. The summed E-state index contributed by atoms with van der Waals surface area (Å²) in [7, 11) is 0. The highest BCUT2D eigenvalue weighted by molar-refractivity contribution is 6.02. The first-order valence-electron chi connectivity index (χ1n) is 6.96. The Balaban J connectivity index is 2.22. The van der Waals surface area contributed by atoms with Gasteiger partial charge in [-0.2, -0.15) is 10.2 Å². The minimum atomic E-state index is -0.359. The Morgan fingerprint density at radius 3 is 2.76 bits per heavy atom. The molecule has 21 heavy (non-hydrogen) atoms. The smallest absolute Gasteiger partial charge is 0.277 e. The lowest BCUT2D eigenvalue weighted by molar-refractivity contribution is 0.101. The molecule has 2 aromatic heterocycles. The van der Waals surface area contributed by atoms with E-state index >= 15 is 0 Å². The standard InChI is InChI=1S/C14H19N5O2/c1-4-9-18-13(20)6-5-11(17-18)14(21)16-12-7-8-15-19(12)10(2)3/h5-8,10H,4,9H2,1-3H3,(H,16,21). The third-order valence-corrected chi connectivity index (χ3v) is 2.94. The summed E-state index contributed by atoms with van der Waals surface area (Å²) in [5, 5.41) is 11.0. The van der Waals surface area contributed by atoms with Crippen molar-refractivity contribution in [2.75, 3.05) is 5.32 Å². The van der Waals surface area contributed by atoms with Crippen LogP contribution >= 0.6 is 0 Å². The third-order valence-electron chi connectivity index (χ3n) is 2.94. The number of carbonyl (C=O) groups is 1. The predicted octanol–water partition coefficient (Wildman–Crippen LogP) is 1.68. The van der Waals surface area contributed by atoms with Gasteiger partial charge in [0, 0.05) is 24.7 Å². The van der Waals surface area contributed by atoms with Crippen LogP contribution in [0, 0.1) is 0 Å². The summed E-state index contributed by atoms with van der Waals surface area (Å²) in [4.78, 5) is 23.8. The second-order valence-electron chi connectivity index (χ2n) is 4.99. The second-order valence-corrected chi connectivity index (χ2v) is 4.99. The van der Waals surface area contributed by atoms with Gasteiger partial charge in [0.05, 0.1) is 6.20 Å². The molecule has 0 aliphatic carbocycles. The van der Waals surface area contributed by atoms with Crippen LogP contribution in [0.1, 0.15) is 43.7 Å². The van der Waals surface area contributed by atoms with Crippen molar-refractivity contribution in [2.24, 2.45) is 0 Å². The van der Waals surface area contributed by atoms with Gasteiger partial charge in [-0.25, -0.2) is 9.36 Å². The van der Waals surface area contributed by atoms with Crippen LogP contribution in [0.15, 0.2) is 29.2 Å². The highest BCUT2D eigenvalue weighted by Crippen LogP contribution is 2.13. The number of aromatic nitrogens is 4. The Morgan fingerprint density at radius 2 is 2.10 bits per heavy atom. The average Bonchev–Trinajstić information content (AvgIpc) is 2.89. The molecule has 0 aromatic carbocycles. The van der Waals surface area contributed by atoms with E-state index in [-0.39, 0.29) is 23.2 Å². The SMILES string of the molecule is CCCn1nc(C(=O)Nc2ccnn2C(C)C)ccc1=O. The van der Waals surface area contributed by atoms with Gasteiger partial charge in [0.2, 0.25) is 0 Å². The Morgan fingerprint density at radius 1 is 1.33 bits per heavy atom. The van der Waals surface area contributed by atoms with Crippen molar-refractivity contribution in [1.29, 1.82) is 0 Å². The van der Waals surface area contributed by atoms with Gasteiger partial charge in [0.1, 0.15) is 11.5 Å². The van der Waals surface area contributed by atoms with Crippen LogP contribution in [0.4, 0.5) is 5.82 Å². The molecule has 0 saturated heterocycles. The molecule has 2 rings (SSSR count). The lowest BCUT2D eigenvalue weighted by atomic mass is 10.3. The minimum absolute atomic E-state index is 0.136. The summed E-state index contributed by atoms with van der Waals surface area (Å²) in [6.07, 6.45) is 2.40. The lowest BCUT2D eigenvalue weighted by Gasteiger charge is -2.11. The van der Waals surface area contributed by atoms with Crippen molar-refractivity contribution < 1.29 is 4.79 Å². The zero-order valence-electron chi connectivity index (χ0n) is 12.4. The van der Waals surface area contributed by atoms with Gasteiger partial charge in [0.25, 0.3) is 11.5 Å². The largest absolute Gasteiger partial charge is 0.305 e. The third kappa shape index (κ3) is 3.36. The van der Waals surface area contributed by atoms with Crippen LogP contribution in [0.3, 0.4) is 0 Å². The van der Waals surface area contributed by atoms with E-state index in [9.17, 15) is 9.59 Å². The van der Waals surface area contributed by atoms with Gasteiger partial charge in [-0.15, -0.1) is 0 Å². The number of nitrogens with one attached hydrogen (secondary N) is 1. The zero-order chi connectivity index (χ0) is 15.4. The van der Waals surface area contributed by atoms with E-state index in [0.717, 1.165) is 6.42 Å².